The summed E-state index contributed by atoms with van der Waals surface area (Å²) in [5.41, 5.74) is 0. The lowest BCUT2D eigenvalue weighted by atomic mass is 10.0. The van der Waals surface area contributed by atoms with E-state index in [1.807, 2.05) is 0 Å². The summed E-state index contributed by atoms with van der Waals surface area (Å²) in [5.74, 6) is -0.153. The van der Waals surface area contributed by atoms with Gasteiger partial charge in [-0.25, -0.2) is 0 Å². The van der Waals surface area contributed by atoms with Crippen molar-refractivity contribution in [2.45, 2.75) is 37.9 Å². The Morgan fingerprint density at radius 2 is 2.20 bits per heavy atom. The topological polar surface area (TPSA) is 96.2 Å². The molecule has 1 fully saturated rings. The molecular formula is C9H16O6. The lowest BCUT2D eigenvalue weighted by Gasteiger charge is -2.35. The Labute approximate surface area is 87.4 Å². The van der Waals surface area contributed by atoms with Crippen LogP contribution in [0.3, 0.4) is 0 Å². The van der Waals surface area contributed by atoms with Gasteiger partial charge in [0.2, 0.25) is 0 Å². The van der Waals surface area contributed by atoms with Gasteiger partial charge in [-0.3, -0.25) is 4.79 Å². The molecule has 0 amide bonds. The second-order valence-electron chi connectivity index (χ2n) is 3.59. The zero-order valence-electron chi connectivity index (χ0n) is 8.50. The molecule has 0 aliphatic carbocycles. The number of carbonyl (C=O) groups is 1. The van der Waals surface area contributed by atoms with Crippen molar-refractivity contribution in [1.29, 1.82) is 0 Å². The van der Waals surface area contributed by atoms with Crippen LogP contribution in [0.25, 0.3) is 0 Å². The summed E-state index contributed by atoms with van der Waals surface area (Å²) in [6, 6.07) is 0. The molecule has 1 heterocycles. The first kappa shape index (κ1) is 12.5. The van der Waals surface area contributed by atoms with E-state index in [1.54, 1.807) is 0 Å². The number of aliphatic hydroxyl groups excluding tert-OH is 3. The smallest absolute Gasteiger partial charge is 0.161 e. The number of ether oxygens (including phenoxy) is 2. The number of carbonyl (C=O) groups excluding carboxylic acids is 1. The Hall–Kier alpha value is -0.530. The van der Waals surface area contributed by atoms with Crippen LogP contribution in [-0.4, -0.2) is 58.9 Å². The third-order valence-electron chi connectivity index (χ3n) is 2.19. The van der Waals surface area contributed by atoms with Crippen LogP contribution in [-0.2, 0) is 14.3 Å². The van der Waals surface area contributed by atoms with E-state index in [0.29, 0.717) is 0 Å². The Morgan fingerprint density at radius 1 is 1.53 bits per heavy atom. The van der Waals surface area contributed by atoms with Crippen LogP contribution in [0, 0.1) is 0 Å². The van der Waals surface area contributed by atoms with Crippen molar-refractivity contribution >= 4 is 5.78 Å². The highest BCUT2D eigenvalue weighted by Gasteiger charge is 2.36. The minimum Gasteiger partial charge on any atom is -0.394 e. The van der Waals surface area contributed by atoms with Gasteiger partial charge in [0.05, 0.1) is 12.7 Å². The van der Waals surface area contributed by atoms with Gasteiger partial charge >= 0.3 is 0 Å². The molecule has 0 radical (unpaired) electrons. The number of Topliss-reactive ketones (excluding diaryl/α,β-unsaturated/α-hetero) is 1. The fourth-order valence-corrected chi connectivity index (χ4v) is 1.38. The van der Waals surface area contributed by atoms with Gasteiger partial charge in [0.15, 0.2) is 12.1 Å². The monoisotopic (exact) mass is 220 g/mol. The molecule has 1 saturated heterocycles. The van der Waals surface area contributed by atoms with E-state index in [0.717, 1.165) is 0 Å². The molecule has 0 saturated carbocycles. The molecule has 4 unspecified atom stereocenters. The molecule has 1 aliphatic heterocycles. The summed E-state index contributed by atoms with van der Waals surface area (Å²) >= 11 is 0. The van der Waals surface area contributed by atoms with E-state index >= 15 is 0 Å². The Balaban J connectivity index is 2.44. The first-order valence-electron chi connectivity index (χ1n) is 4.78. The maximum atomic E-state index is 10.6. The highest BCUT2D eigenvalue weighted by molar-refractivity contribution is 5.76. The predicted molar refractivity (Wildman–Crippen MR) is 49.0 cm³/mol. The highest BCUT2D eigenvalue weighted by Crippen LogP contribution is 2.20. The molecule has 15 heavy (non-hydrogen) atoms. The fraction of sp³-hybridized carbons (Fsp3) is 0.889. The average Bonchev–Trinajstić information content (AvgIpc) is 2.19. The zero-order valence-corrected chi connectivity index (χ0v) is 8.50. The van der Waals surface area contributed by atoms with Crippen LogP contribution in [0.4, 0.5) is 0 Å². The van der Waals surface area contributed by atoms with Crippen LogP contribution < -0.4 is 0 Å². The van der Waals surface area contributed by atoms with Gasteiger partial charge in [-0.1, -0.05) is 0 Å². The van der Waals surface area contributed by atoms with Gasteiger partial charge in [-0.15, -0.1) is 0 Å². The first-order valence-corrected chi connectivity index (χ1v) is 4.78. The second kappa shape index (κ2) is 5.53. The molecule has 0 spiro atoms. The summed E-state index contributed by atoms with van der Waals surface area (Å²) in [6.45, 7) is 0.863. The Morgan fingerprint density at radius 3 is 2.73 bits per heavy atom. The molecule has 0 aromatic carbocycles. The van der Waals surface area contributed by atoms with E-state index in [1.165, 1.54) is 6.92 Å². The molecule has 0 bridgehead atoms. The van der Waals surface area contributed by atoms with Crippen molar-refractivity contribution in [2.24, 2.45) is 0 Å². The minimum atomic E-state index is -1.12. The number of hydrogen-bond acceptors (Lipinski definition) is 6. The van der Waals surface area contributed by atoms with Crippen LogP contribution in [0.2, 0.25) is 0 Å². The van der Waals surface area contributed by atoms with Crippen LogP contribution in [0.5, 0.6) is 0 Å². The fourth-order valence-electron chi connectivity index (χ4n) is 1.38. The van der Waals surface area contributed by atoms with Gasteiger partial charge in [0.1, 0.15) is 18.8 Å². The first-order chi connectivity index (χ1) is 7.04. The van der Waals surface area contributed by atoms with Gasteiger partial charge in [0.25, 0.3) is 0 Å². The molecule has 88 valence electrons. The van der Waals surface area contributed by atoms with Gasteiger partial charge < -0.3 is 24.8 Å². The third-order valence-corrected chi connectivity index (χ3v) is 2.19. The van der Waals surface area contributed by atoms with E-state index < -0.39 is 31.2 Å². The van der Waals surface area contributed by atoms with Gasteiger partial charge in [-0.05, 0) is 6.92 Å². The third kappa shape index (κ3) is 3.51. The molecular weight excluding hydrogens is 204 g/mol. The van der Waals surface area contributed by atoms with Crippen LogP contribution >= 0.6 is 0 Å². The molecule has 3 N–H and O–H groups in total. The largest absolute Gasteiger partial charge is 0.394 e. The molecule has 6 nitrogen and oxygen atoms in total. The molecule has 0 aromatic rings. The van der Waals surface area contributed by atoms with Gasteiger partial charge in [0, 0.05) is 6.42 Å². The molecule has 1 rings (SSSR count). The van der Waals surface area contributed by atoms with Crippen molar-refractivity contribution in [3.05, 3.63) is 0 Å². The zero-order chi connectivity index (χ0) is 11.4. The van der Waals surface area contributed by atoms with Crippen molar-refractivity contribution in [1.82, 2.24) is 0 Å². The van der Waals surface area contributed by atoms with E-state index in [-0.39, 0.29) is 18.8 Å². The van der Waals surface area contributed by atoms with Crippen LogP contribution in [0.1, 0.15) is 13.3 Å². The molecule has 4 atom stereocenters. The standard InChI is InChI=1S/C9H16O6/c1-5(11)4-14-8-2-6(12)9(13)7(3-10)15-8/h6-10,12-13H,2-4H2,1H3. The van der Waals surface area contributed by atoms with E-state index in [4.69, 9.17) is 14.6 Å². The lowest BCUT2D eigenvalue weighted by Crippen LogP contribution is -2.50. The Kier molecular flexibility index (Phi) is 4.62. The SMILES string of the molecule is CC(=O)COC1CC(O)C(O)C(CO)O1. The molecule has 0 aromatic heterocycles. The average molecular weight is 220 g/mol. The quantitative estimate of drug-likeness (QED) is 0.529. The number of rotatable bonds is 4. The molecule has 6 heteroatoms. The Bertz CT molecular complexity index is 219. The highest BCUT2D eigenvalue weighted by atomic mass is 16.7. The maximum absolute atomic E-state index is 10.6. The van der Waals surface area contributed by atoms with Crippen LogP contribution in [0.15, 0.2) is 0 Å². The summed E-state index contributed by atoms with van der Waals surface area (Å²) in [4.78, 5) is 10.6. The summed E-state index contributed by atoms with van der Waals surface area (Å²) in [7, 11) is 0. The van der Waals surface area contributed by atoms with Crippen molar-refractivity contribution in [2.75, 3.05) is 13.2 Å². The predicted octanol–water partition coefficient (Wildman–Crippen LogP) is -1.58. The van der Waals surface area contributed by atoms with Crippen molar-refractivity contribution in [3.63, 3.8) is 0 Å². The second-order valence-corrected chi connectivity index (χ2v) is 3.59. The summed E-state index contributed by atoms with van der Waals surface area (Å²) < 4.78 is 10.2. The summed E-state index contributed by atoms with van der Waals surface area (Å²) in [5, 5.41) is 27.6. The normalized spacial score (nSPS) is 36.5. The van der Waals surface area contributed by atoms with E-state index in [9.17, 15) is 15.0 Å². The van der Waals surface area contributed by atoms with E-state index in [2.05, 4.69) is 0 Å². The van der Waals surface area contributed by atoms with Crippen molar-refractivity contribution in [3.8, 4) is 0 Å². The molecule has 1 aliphatic rings. The lowest BCUT2D eigenvalue weighted by molar-refractivity contribution is -0.255. The minimum absolute atomic E-state index is 0.0882. The number of ketones is 1. The maximum Gasteiger partial charge on any atom is 0.161 e. The number of hydrogen-bond donors (Lipinski definition) is 3. The summed E-state index contributed by atoms with van der Waals surface area (Å²) in [6.07, 6.45) is -3.67. The van der Waals surface area contributed by atoms with Gasteiger partial charge in [-0.2, -0.15) is 0 Å². The number of aliphatic hydroxyl groups is 3. The van der Waals surface area contributed by atoms with Crippen molar-refractivity contribution < 1.29 is 29.6 Å².